The largest absolute Gasteiger partial charge is 0.491 e. The summed E-state index contributed by atoms with van der Waals surface area (Å²) in [5, 5.41) is 22.6. The van der Waals surface area contributed by atoms with Crippen LogP contribution in [-0.4, -0.2) is 43.8 Å². The van der Waals surface area contributed by atoms with E-state index in [2.05, 4.69) is 15.5 Å². The van der Waals surface area contributed by atoms with Crippen molar-refractivity contribution in [3.8, 4) is 11.4 Å². The van der Waals surface area contributed by atoms with E-state index in [-0.39, 0.29) is 6.61 Å². The van der Waals surface area contributed by atoms with Crippen LogP contribution >= 0.6 is 11.8 Å². The van der Waals surface area contributed by atoms with Crippen LogP contribution in [0.4, 0.5) is 0 Å². The number of thioether (sulfide) groups is 1. The molecule has 1 atom stereocenters. The minimum atomic E-state index is -0.614. The first-order valence-corrected chi connectivity index (χ1v) is 8.55. The second kappa shape index (κ2) is 7.94. The predicted molar refractivity (Wildman–Crippen MR) is 92.6 cm³/mol. The molecule has 0 aliphatic heterocycles. The molecule has 3 aromatic rings. The van der Waals surface area contributed by atoms with Gasteiger partial charge in [0.25, 0.3) is 0 Å². The molecule has 2 aromatic carbocycles. The van der Waals surface area contributed by atoms with Crippen LogP contribution in [0.2, 0.25) is 0 Å². The quantitative estimate of drug-likeness (QED) is 0.665. The highest BCUT2D eigenvalue weighted by Gasteiger charge is 2.13. The molecule has 0 aliphatic rings. The van der Waals surface area contributed by atoms with E-state index in [4.69, 9.17) is 4.74 Å². The van der Waals surface area contributed by atoms with Gasteiger partial charge in [0.05, 0.1) is 11.8 Å². The summed E-state index contributed by atoms with van der Waals surface area (Å²) in [6.07, 6.45) is -0.614. The van der Waals surface area contributed by atoms with Gasteiger partial charge in [-0.3, -0.25) is 0 Å². The molecular weight excluding hydrogens is 324 g/mol. The molecule has 6 nitrogen and oxygen atoms in total. The minimum Gasteiger partial charge on any atom is -0.491 e. The smallest absolute Gasteiger partial charge is 0.214 e. The Hall–Kier alpha value is -2.38. The molecule has 0 saturated heterocycles. The fraction of sp³-hybridized carbons (Fsp3) is 0.235. The van der Waals surface area contributed by atoms with Gasteiger partial charge in [0, 0.05) is 5.75 Å². The number of aliphatic hydroxyl groups excluding tert-OH is 1. The third kappa shape index (κ3) is 4.12. The molecule has 24 heavy (non-hydrogen) atoms. The number of rotatable bonds is 7. The van der Waals surface area contributed by atoms with Crippen LogP contribution in [0.5, 0.6) is 5.75 Å². The van der Waals surface area contributed by atoms with E-state index in [0.29, 0.717) is 10.9 Å². The number of nitrogens with zero attached hydrogens (tertiary/aromatic N) is 4. The summed E-state index contributed by atoms with van der Waals surface area (Å²) in [4.78, 5) is 0. The first kappa shape index (κ1) is 16.5. The maximum Gasteiger partial charge on any atom is 0.214 e. The number of aryl methyl sites for hydroxylation is 1. The second-order valence-electron chi connectivity index (χ2n) is 5.25. The zero-order valence-electron chi connectivity index (χ0n) is 13.2. The Labute approximate surface area is 144 Å². The topological polar surface area (TPSA) is 73.1 Å². The zero-order valence-corrected chi connectivity index (χ0v) is 14.1. The lowest BCUT2D eigenvalue weighted by molar-refractivity contribution is 0.126. The highest BCUT2D eigenvalue weighted by molar-refractivity contribution is 7.99. The molecule has 0 fully saturated rings. The number of aromatic nitrogens is 4. The van der Waals surface area contributed by atoms with Gasteiger partial charge in [-0.25, -0.2) is 0 Å². The third-order valence-electron chi connectivity index (χ3n) is 3.37. The molecule has 124 valence electrons. The van der Waals surface area contributed by atoms with Crippen LogP contribution < -0.4 is 4.74 Å². The fourth-order valence-corrected chi connectivity index (χ4v) is 2.94. The molecular formula is C17H18N4O2S. The molecule has 0 amide bonds. The molecule has 3 rings (SSSR count). The summed E-state index contributed by atoms with van der Waals surface area (Å²) >= 11 is 1.40. The van der Waals surface area contributed by atoms with Gasteiger partial charge < -0.3 is 9.84 Å². The lowest BCUT2D eigenvalue weighted by Crippen LogP contribution is -2.20. The fourth-order valence-electron chi connectivity index (χ4n) is 2.15. The number of tetrazole rings is 1. The highest BCUT2D eigenvalue weighted by Crippen LogP contribution is 2.21. The summed E-state index contributed by atoms with van der Waals surface area (Å²) in [7, 11) is 0. The van der Waals surface area contributed by atoms with Crippen molar-refractivity contribution in [3.63, 3.8) is 0 Å². The Kier molecular flexibility index (Phi) is 5.45. The maximum absolute atomic E-state index is 10.1. The number of para-hydroxylation sites is 2. The molecule has 0 saturated carbocycles. The van der Waals surface area contributed by atoms with Crippen LogP contribution in [0, 0.1) is 6.92 Å². The average Bonchev–Trinajstić information content (AvgIpc) is 3.08. The third-order valence-corrected chi connectivity index (χ3v) is 4.44. The summed E-state index contributed by atoms with van der Waals surface area (Å²) in [6, 6.07) is 17.3. The van der Waals surface area contributed by atoms with Crippen molar-refractivity contribution in [1.29, 1.82) is 0 Å². The summed E-state index contributed by atoms with van der Waals surface area (Å²) in [5.41, 5.74) is 2.01. The van der Waals surface area contributed by atoms with Crippen LogP contribution in [0.1, 0.15) is 5.56 Å². The van der Waals surface area contributed by atoms with Crippen LogP contribution in [0.3, 0.4) is 0 Å². The number of benzene rings is 2. The second-order valence-corrected chi connectivity index (χ2v) is 6.24. The van der Waals surface area contributed by atoms with Crippen molar-refractivity contribution in [2.75, 3.05) is 12.4 Å². The Balaban J connectivity index is 1.58. The Morgan fingerprint density at radius 3 is 2.67 bits per heavy atom. The van der Waals surface area contributed by atoms with Gasteiger partial charge in [0.1, 0.15) is 12.4 Å². The van der Waals surface area contributed by atoms with E-state index < -0.39 is 6.10 Å². The van der Waals surface area contributed by atoms with Crippen molar-refractivity contribution in [3.05, 3.63) is 60.2 Å². The number of hydrogen-bond acceptors (Lipinski definition) is 6. The van der Waals surface area contributed by atoms with E-state index in [0.717, 1.165) is 17.0 Å². The number of ether oxygens (including phenoxy) is 1. The number of hydrogen-bond donors (Lipinski definition) is 1. The average molecular weight is 342 g/mol. The van der Waals surface area contributed by atoms with Gasteiger partial charge >= 0.3 is 0 Å². The van der Waals surface area contributed by atoms with Crippen LogP contribution in [0.25, 0.3) is 5.69 Å². The lowest BCUT2D eigenvalue weighted by atomic mass is 10.2. The van der Waals surface area contributed by atoms with E-state index in [1.54, 1.807) is 4.68 Å². The summed E-state index contributed by atoms with van der Waals surface area (Å²) in [5.74, 6) is 1.19. The predicted octanol–water partition coefficient (Wildman–Crippen LogP) is 2.50. The maximum atomic E-state index is 10.1. The van der Waals surface area contributed by atoms with Crippen LogP contribution in [-0.2, 0) is 0 Å². The Bertz CT molecular complexity index is 779. The first-order valence-electron chi connectivity index (χ1n) is 7.57. The highest BCUT2D eigenvalue weighted by atomic mass is 32.2. The molecule has 1 heterocycles. The van der Waals surface area contributed by atoms with Crippen LogP contribution in [0.15, 0.2) is 59.8 Å². The molecule has 1 N–H and O–H groups in total. The Morgan fingerprint density at radius 2 is 1.88 bits per heavy atom. The van der Waals surface area contributed by atoms with E-state index >= 15 is 0 Å². The summed E-state index contributed by atoms with van der Waals surface area (Å²) < 4.78 is 7.24. The standard InChI is InChI=1S/C17H18N4O2S/c1-13-7-5-6-10-16(13)21-17(18-19-20-21)24-12-14(22)11-23-15-8-3-2-4-9-15/h2-10,14,22H,11-12H2,1H3/t14-/m1/s1. The normalized spacial score (nSPS) is 12.1. The summed E-state index contributed by atoms with van der Waals surface area (Å²) in [6.45, 7) is 2.23. The van der Waals surface area contributed by atoms with E-state index in [1.165, 1.54) is 11.8 Å². The molecule has 0 bridgehead atoms. The monoisotopic (exact) mass is 342 g/mol. The van der Waals surface area contributed by atoms with E-state index in [9.17, 15) is 5.11 Å². The molecule has 1 aromatic heterocycles. The van der Waals surface area contributed by atoms with Crippen molar-refractivity contribution in [2.24, 2.45) is 0 Å². The molecule has 7 heteroatoms. The van der Waals surface area contributed by atoms with Gasteiger partial charge in [0.15, 0.2) is 0 Å². The van der Waals surface area contributed by atoms with Gasteiger partial charge in [-0.05, 0) is 41.1 Å². The van der Waals surface area contributed by atoms with Crippen molar-refractivity contribution in [1.82, 2.24) is 20.2 Å². The van der Waals surface area contributed by atoms with Crippen molar-refractivity contribution < 1.29 is 9.84 Å². The molecule has 0 spiro atoms. The van der Waals surface area contributed by atoms with Gasteiger partial charge in [-0.15, -0.1) is 5.10 Å². The lowest BCUT2D eigenvalue weighted by Gasteiger charge is -2.12. The van der Waals surface area contributed by atoms with Crippen molar-refractivity contribution >= 4 is 11.8 Å². The molecule has 0 aliphatic carbocycles. The Morgan fingerprint density at radius 1 is 1.12 bits per heavy atom. The molecule has 0 radical (unpaired) electrons. The first-order chi connectivity index (χ1) is 11.7. The van der Waals surface area contributed by atoms with Gasteiger partial charge in [-0.1, -0.05) is 48.2 Å². The zero-order chi connectivity index (χ0) is 16.8. The SMILES string of the molecule is Cc1ccccc1-n1nnnc1SC[C@H](O)COc1ccccc1. The number of aliphatic hydroxyl groups is 1. The minimum absolute atomic E-state index is 0.225. The van der Waals surface area contributed by atoms with Gasteiger partial charge in [0.2, 0.25) is 5.16 Å². The van der Waals surface area contributed by atoms with Crippen molar-refractivity contribution in [2.45, 2.75) is 18.2 Å². The van der Waals surface area contributed by atoms with E-state index in [1.807, 2.05) is 61.5 Å². The molecule has 0 unspecified atom stereocenters. The van der Waals surface area contributed by atoms with Gasteiger partial charge in [-0.2, -0.15) is 4.68 Å².